The summed E-state index contributed by atoms with van der Waals surface area (Å²) in [5.74, 6) is 0.141. The van der Waals surface area contributed by atoms with Crippen LogP contribution in [0.2, 0.25) is 0 Å². The smallest absolute Gasteiger partial charge is 0.225 e. The van der Waals surface area contributed by atoms with E-state index in [9.17, 15) is 4.39 Å². The molecule has 0 saturated carbocycles. The summed E-state index contributed by atoms with van der Waals surface area (Å²) in [5.41, 5.74) is -0.174. The predicted octanol–water partition coefficient (Wildman–Crippen LogP) is 0.818. The van der Waals surface area contributed by atoms with Crippen LogP contribution < -0.4 is 4.90 Å². The van der Waals surface area contributed by atoms with Crippen LogP contribution in [0.15, 0.2) is 25.0 Å². The third-order valence-electron chi connectivity index (χ3n) is 4.25. The summed E-state index contributed by atoms with van der Waals surface area (Å²) in [5, 5.41) is 7.69. The first kappa shape index (κ1) is 12.6. The lowest BCUT2D eigenvalue weighted by Gasteiger charge is -2.23. The van der Waals surface area contributed by atoms with Crippen molar-refractivity contribution in [3.63, 3.8) is 0 Å². The Morgan fingerprint density at radius 2 is 2.00 bits per heavy atom. The largest absolute Gasteiger partial charge is 0.371 e. The molecule has 110 valence electrons. The summed E-state index contributed by atoms with van der Waals surface area (Å²) in [6.45, 7) is 2.22. The molecule has 2 unspecified atom stereocenters. The molecule has 2 fully saturated rings. The number of anilines is 1. The van der Waals surface area contributed by atoms with Gasteiger partial charge in [-0.15, -0.1) is 10.2 Å². The highest BCUT2D eigenvalue weighted by molar-refractivity contribution is 5.33. The Morgan fingerprint density at radius 3 is 2.76 bits per heavy atom. The zero-order valence-electron chi connectivity index (χ0n) is 11.4. The van der Waals surface area contributed by atoms with Crippen molar-refractivity contribution in [1.29, 1.82) is 0 Å². The fraction of sp³-hybridized carbons (Fsp3) is 0.538. The second-order valence-corrected chi connectivity index (χ2v) is 5.63. The maximum Gasteiger partial charge on any atom is 0.225 e. The van der Waals surface area contributed by atoms with Gasteiger partial charge in [0.1, 0.15) is 12.7 Å². The van der Waals surface area contributed by atoms with Crippen molar-refractivity contribution in [3.05, 3.63) is 30.9 Å². The Hall–Kier alpha value is -2.09. The minimum atomic E-state index is -0.419. The SMILES string of the molecule is Fc1cnc(N2CCC3(CC(n4cnnc4)CO3)C2)nc1. The molecule has 0 bridgehead atoms. The normalized spacial score (nSPS) is 28.6. The maximum absolute atomic E-state index is 12.9. The highest BCUT2D eigenvalue weighted by Gasteiger charge is 2.46. The lowest BCUT2D eigenvalue weighted by Crippen LogP contribution is -2.33. The van der Waals surface area contributed by atoms with Crippen molar-refractivity contribution in [2.24, 2.45) is 0 Å². The van der Waals surface area contributed by atoms with Crippen molar-refractivity contribution in [2.45, 2.75) is 24.5 Å². The van der Waals surface area contributed by atoms with Gasteiger partial charge in [0.25, 0.3) is 0 Å². The monoisotopic (exact) mass is 290 g/mol. The van der Waals surface area contributed by atoms with E-state index in [0.717, 1.165) is 25.9 Å². The molecule has 0 amide bonds. The lowest BCUT2D eigenvalue weighted by atomic mass is 9.97. The number of ether oxygens (including phenoxy) is 1. The van der Waals surface area contributed by atoms with Crippen LogP contribution in [0.3, 0.4) is 0 Å². The van der Waals surface area contributed by atoms with E-state index in [-0.39, 0.29) is 11.6 Å². The molecule has 2 atom stereocenters. The van der Waals surface area contributed by atoms with Gasteiger partial charge >= 0.3 is 0 Å². The van der Waals surface area contributed by atoms with Gasteiger partial charge in [0, 0.05) is 13.0 Å². The van der Waals surface area contributed by atoms with E-state index in [4.69, 9.17) is 4.74 Å². The standard InChI is InChI=1S/C13H15FN6O/c14-10-4-15-12(16-5-10)19-2-1-13(7-19)3-11(6-21-13)20-8-17-18-9-20/h4-5,8-9,11H,1-3,6-7H2. The Kier molecular flexibility index (Phi) is 2.85. The Labute approximate surface area is 120 Å². The summed E-state index contributed by atoms with van der Waals surface area (Å²) in [6.07, 6.45) is 7.69. The first-order chi connectivity index (χ1) is 10.2. The number of hydrogen-bond donors (Lipinski definition) is 0. The third-order valence-corrected chi connectivity index (χ3v) is 4.25. The van der Waals surface area contributed by atoms with Crippen molar-refractivity contribution in [2.75, 3.05) is 24.6 Å². The van der Waals surface area contributed by atoms with E-state index in [1.807, 2.05) is 9.47 Å². The Morgan fingerprint density at radius 1 is 1.24 bits per heavy atom. The summed E-state index contributed by atoms with van der Waals surface area (Å²) < 4.78 is 21.0. The zero-order valence-corrected chi connectivity index (χ0v) is 11.4. The van der Waals surface area contributed by atoms with E-state index in [1.165, 1.54) is 12.4 Å². The molecule has 1 spiro atoms. The molecule has 4 rings (SSSR count). The van der Waals surface area contributed by atoms with Gasteiger partial charge in [0.15, 0.2) is 5.82 Å². The number of hydrogen-bond acceptors (Lipinski definition) is 6. The van der Waals surface area contributed by atoms with Gasteiger partial charge in [-0.25, -0.2) is 14.4 Å². The molecule has 2 aliphatic rings. The van der Waals surface area contributed by atoms with Gasteiger partial charge < -0.3 is 14.2 Å². The number of nitrogens with zero attached hydrogens (tertiary/aromatic N) is 6. The van der Waals surface area contributed by atoms with E-state index < -0.39 is 5.82 Å². The summed E-state index contributed by atoms with van der Waals surface area (Å²) in [6, 6.07) is 0.272. The minimum absolute atomic E-state index is 0.174. The summed E-state index contributed by atoms with van der Waals surface area (Å²) >= 11 is 0. The molecule has 2 aliphatic heterocycles. The maximum atomic E-state index is 12.9. The van der Waals surface area contributed by atoms with Crippen LogP contribution in [-0.4, -0.2) is 50.0 Å². The number of rotatable bonds is 2. The van der Waals surface area contributed by atoms with E-state index in [2.05, 4.69) is 20.2 Å². The molecule has 4 heterocycles. The molecule has 0 aliphatic carbocycles. The van der Waals surface area contributed by atoms with E-state index in [1.54, 1.807) is 12.7 Å². The molecule has 0 aromatic carbocycles. The highest BCUT2D eigenvalue weighted by Crippen LogP contribution is 2.40. The molecule has 8 heteroatoms. The fourth-order valence-electron chi connectivity index (χ4n) is 3.18. The van der Waals surface area contributed by atoms with Gasteiger partial charge in [-0.2, -0.15) is 0 Å². The molecular weight excluding hydrogens is 275 g/mol. The second kappa shape index (κ2) is 4.73. The quantitative estimate of drug-likeness (QED) is 0.815. The number of halogens is 1. The third kappa shape index (κ3) is 2.25. The van der Waals surface area contributed by atoms with Crippen LogP contribution in [0.1, 0.15) is 18.9 Å². The fourth-order valence-corrected chi connectivity index (χ4v) is 3.18. The van der Waals surface area contributed by atoms with Crippen molar-refractivity contribution >= 4 is 5.95 Å². The molecule has 2 saturated heterocycles. The first-order valence-corrected chi connectivity index (χ1v) is 6.95. The van der Waals surface area contributed by atoms with Crippen molar-refractivity contribution in [1.82, 2.24) is 24.7 Å². The molecule has 21 heavy (non-hydrogen) atoms. The highest BCUT2D eigenvalue weighted by atomic mass is 19.1. The van der Waals surface area contributed by atoms with Crippen molar-refractivity contribution in [3.8, 4) is 0 Å². The van der Waals surface area contributed by atoms with Gasteiger partial charge in [-0.3, -0.25) is 0 Å². The summed E-state index contributed by atoms with van der Waals surface area (Å²) in [4.78, 5) is 10.1. The van der Waals surface area contributed by atoms with Crippen LogP contribution in [0.25, 0.3) is 0 Å². The second-order valence-electron chi connectivity index (χ2n) is 5.63. The van der Waals surface area contributed by atoms with Gasteiger partial charge in [-0.1, -0.05) is 0 Å². The predicted molar refractivity (Wildman–Crippen MR) is 71.2 cm³/mol. The molecule has 0 N–H and O–H groups in total. The van der Waals surface area contributed by atoms with Crippen molar-refractivity contribution < 1.29 is 9.13 Å². The molecular formula is C13H15FN6O. The molecule has 0 radical (unpaired) electrons. The lowest BCUT2D eigenvalue weighted by molar-refractivity contribution is 0.0219. The van der Waals surface area contributed by atoms with Crippen LogP contribution >= 0.6 is 0 Å². The van der Waals surface area contributed by atoms with Gasteiger partial charge in [0.2, 0.25) is 5.95 Å². The van der Waals surface area contributed by atoms with Crippen LogP contribution in [0.4, 0.5) is 10.3 Å². The van der Waals surface area contributed by atoms with E-state index in [0.29, 0.717) is 12.6 Å². The van der Waals surface area contributed by atoms with E-state index >= 15 is 0 Å². The average molecular weight is 290 g/mol. The van der Waals surface area contributed by atoms with Crippen LogP contribution in [0, 0.1) is 5.82 Å². The Balaban J connectivity index is 1.47. The Bertz CT molecular complexity index is 618. The number of aromatic nitrogens is 5. The molecule has 2 aromatic heterocycles. The molecule has 2 aromatic rings. The topological polar surface area (TPSA) is 69.0 Å². The van der Waals surface area contributed by atoms with Crippen LogP contribution in [-0.2, 0) is 4.74 Å². The first-order valence-electron chi connectivity index (χ1n) is 6.95. The summed E-state index contributed by atoms with van der Waals surface area (Å²) in [7, 11) is 0. The van der Waals surface area contributed by atoms with Gasteiger partial charge in [0.05, 0.1) is 37.2 Å². The van der Waals surface area contributed by atoms with Gasteiger partial charge in [-0.05, 0) is 6.42 Å². The molecule has 7 nitrogen and oxygen atoms in total. The van der Waals surface area contributed by atoms with Crippen LogP contribution in [0.5, 0.6) is 0 Å². The average Bonchev–Trinajstić information content (AvgIpc) is 3.22. The minimum Gasteiger partial charge on any atom is -0.371 e. The zero-order chi connectivity index (χ0) is 14.3.